The first-order valence-electron chi connectivity index (χ1n) is 12.6. The second-order valence-electron chi connectivity index (χ2n) is 8.96. The molecule has 11 heteroatoms. The van der Waals surface area contributed by atoms with E-state index < -0.39 is 0 Å². The predicted molar refractivity (Wildman–Crippen MR) is 153 cm³/mol. The van der Waals surface area contributed by atoms with Gasteiger partial charge in [-0.3, -0.25) is 9.78 Å². The molecule has 11 nitrogen and oxygen atoms in total. The van der Waals surface area contributed by atoms with Crippen LogP contribution in [-0.4, -0.2) is 75.6 Å². The van der Waals surface area contributed by atoms with Crippen molar-refractivity contribution in [1.29, 1.82) is 0 Å². The van der Waals surface area contributed by atoms with Gasteiger partial charge in [0.05, 0.1) is 47.4 Å². The standard InChI is InChI=1S/C29H33N5O6/c1-19(35)33-25-9-7-21(14-22(25)24-8-6-20(17-30-24)34(2)3)40-29-23-15-27(38-12-10-36-4)28(39-13-11-37-5)16-26(23)31-18-32-29/h6-9,14-18H,10-13H2,1-5H3,(H,33,35). The number of rotatable bonds is 13. The van der Waals surface area contributed by atoms with Crippen molar-refractivity contribution in [3.05, 3.63) is 55.0 Å². The summed E-state index contributed by atoms with van der Waals surface area (Å²) >= 11 is 0. The largest absolute Gasteiger partial charge is 0.487 e. The predicted octanol–water partition coefficient (Wildman–Crippen LogP) is 4.56. The number of amides is 1. The van der Waals surface area contributed by atoms with E-state index in [1.54, 1.807) is 44.7 Å². The Morgan fingerprint density at radius 2 is 1.60 bits per heavy atom. The number of ether oxygens (including phenoxy) is 5. The van der Waals surface area contributed by atoms with E-state index in [4.69, 9.17) is 23.7 Å². The zero-order valence-electron chi connectivity index (χ0n) is 23.3. The van der Waals surface area contributed by atoms with Crippen LogP contribution in [0.2, 0.25) is 0 Å². The van der Waals surface area contributed by atoms with Crippen LogP contribution in [0.15, 0.2) is 55.0 Å². The van der Waals surface area contributed by atoms with Crippen molar-refractivity contribution in [2.45, 2.75) is 6.92 Å². The molecule has 0 atom stereocenters. The van der Waals surface area contributed by atoms with Gasteiger partial charge in [-0.25, -0.2) is 9.97 Å². The molecule has 0 radical (unpaired) electrons. The third-order valence-corrected chi connectivity index (χ3v) is 5.81. The van der Waals surface area contributed by atoms with E-state index in [0.717, 1.165) is 5.69 Å². The monoisotopic (exact) mass is 547 g/mol. The molecule has 40 heavy (non-hydrogen) atoms. The first-order valence-corrected chi connectivity index (χ1v) is 12.6. The fourth-order valence-corrected chi connectivity index (χ4v) is 3.84. The quantitative estimate of drug-likeness (QED) is 0.239. The van der Waals surface area contributed by atoms with E-state index in [1.807, 2.05) is 37.2 Å². The van der Waals surface area contributed by atoms with Gasteiger partial charge in [0.15, 0.2) is 11.5 Å². The van der Waals surface area contributed by atoms with Gasteiger partial charge in [-0.15, -0.1) is 0 Å². The number of nitrogens with one attached hydrogen (secondary N) is 1. The number of nitrogens with zero attached hydrogens (tertiary/aromatic N) is 4. The van der Waals surface area contributed by atoms with Crippen LogP contribution >= 0.6 is 0 Å². The molecular formula is C29H33N5O6. The van der Waals surface area contributed by atoms with Crippen molar-refractivity contribution in [1.82, 2.24) is 15.0 Å². The number of hydrogen-bond donors (Lipinski definition) is 1. The number of fused-ring (bicyclic) bond motifs is 1. The van der Waals surface area contributed by atoms with Gasteiger partial charge < -0.3 is 33.9 Å². The zero-order valence-corrected chi connectivity index (χ0v) is 23.3. The van der Waals surface area contributed by atoms with E-state index in [2.05, 4.69) is 20.3 Å². The molecule has 0 aliphatic rings. The summed E-state index contributed by atoms with van der Waals surface area (Å²) in [6.45, 7) is 2.99. The molecule has 2 aromatic carbocycles. The Morgan fingerprint density at radius 1 is 0.875 bits per heavy atom. The molecule has 210 valence electrons. The summed E-state index contributed by atoms with van der Waals surface area (Å²) in [6, 6.07) is 12.8. The summed E-state index contributed by atoms with van der Waals surface area (Å²) in [5.74, 6) is 1.68. The van der Waals surface area contributed by atoms with Crippen molar-refractivity contribution in [2.24, 2.45) is 0 Å². The SMILES string of the molecule is COCCOc1cc2ncnc(Oc3ccc(NC(C)=O)c(-c4ccc(N(C)C)cn4)c3)c2cc1OCCOC. The second kappa shape index (κ2) is 13.5. The van der Waals surface area contributed by atoms with Gasteiger partial charge in [-0.1, -0.05) is 0 Å². The molecule has 0 aliphatic heterocycles. The lowest BCUT2D eigenvalue weighted by Gasteiger charge is -2.16. The molecule has 1 amide bonds. The maximum Gasteiger partial charge on any atom is 0.230 e. The highest BCUT2D eigenvalue weighted by Crippen LogP contribution is 2.38. The molecule has 0 aliphatic carbocycles. The fourth-order valence-electron chi connectivity index (χ4n) is 3.84. The Morgan fingerprint density at radius 3 is 2.23 bits per heavy atom. The van der Waals surface area contributed by atoms with E-state index in [-0.39, 0.29) is 5.91 Å². The third kappa shape index (κ3) is 7.13. The number of anilines is 2. The summed E-state index contributed by atoms with van der Waals surface area (Å²) < 4.78 is 28.3. The molecule has 0 bridgehead atoms. The van der Waals surface area contributed by atoms with Crippen LogP contribution in [0.3, 0.4) is 0 Å². The van der Waals surface area contributed by atoms with Gasteiger partial charge >= 0.3 is 0 Å². The van der Waals surface area contributed by atoms with Crippen LogP contribution in [0.25, 0.3) is 22.2 Å². The number of carbonyl (C=O) groups excluding carboxylic acids is 1. The van der Waals surface area contributed by atoms with Gasteiger partial charge in [0.2, 0.25) is 11.8 Å². The molecule has 4 aromatic rings. The molecule has 0 saturated heterocycles. The van der Waals surface area contributed by atoms with E-state index >= 15 is 0 Å². The zero-order chi connectivity index (χ0) is 28.5. The van der Waals surface area contributed by atoms with Crippen LogP contribution in [0, 0.1) is 0 Å². The molecule has 0 spiro atoms. The number of hydrogen-bond acceptors (Lipinski definition) is 10. The topological polar surface area (TPSA) is 117 Å². The minimum atomic E-state index is -0.189. The number of methoxy groups -OCH3 is 2. The summed E-state index contributed by atoms with van der Waals surface area (Å²) in [6.07, 6.45) is 3.20. The first kappa shape index (κ1) is 28.5. The molecular weight excluding hydrogens is 514 g/mol. The number of carbonyl (C=O) groups is 1. The Balaban J connectivity index is 1.71. The molecule has 4 rings (SSSR count). The van der Waals surface area contributed by atoms with Crippen LogP contribution in [-0.2, 0) is 14.3 Å². The average Bonchev–Trinajstić information content (AvgIpc) is 2.94. The summed E-state index contributed by atoms with van der Waals surface area (Å²) in [5.41, 5.74) is 3.57. The maximum atomic E-state index is 11.9. The minimum Gasteiger partial charge on any atom is -0.487 e. The molecule has 0 saturated carbocycles. The Hall–Kier alpha value is -4.48. The lowest BCUT2D eigenvalue weighted by atomic mass is 10.1. The Bertz CT molecular complexity index is 1450. The summed E-state index contributed by atoms with van der Waals surface area (Å²) in [4.78, 5) is 27.2. The highest BCUT2D eigenvalue weighted by atomic mass is 16.5. The van der Waals surface area contributed by atoms with E-state index in [0.29, 0.717) is 77.4 Å². The minimum absolute atomic E-state index is 0.189. The fraction of sp³-hybridized carbons (Fsp3) is 0.310. The first-order chi connectivity index (χ1) is 19.4. The van der Waals surface area contributed by atoms with Crippen molar-refractivity contribution in [3.63, 3.8) is 0 Å². The average molecular weight is 548 g/mol. The molecule has 0 fully saturated rings. The van der Waals surface area contributed by atoms with Gasteiger partial charge in [0.25, 0.3) is 0 Å². The van der Waals surface area contributed by atoms with Crippen molar-refractivity contribution in [3.8, 4) is 34.4 Å². The molecule has 2 aromatic heterocycles. The number of aromatic nitrogens is 3. The highest BCUT2D eigenvalue weighted by Gasteiger charge is 2.16. The van der Waals surface area contributed by atoms with Crippen LogP contribution in [0.4, 0.5) is 11.4 Å². The lowest BCUT2D eigenvalue weighted by Crippen LogP contribution is -2.09. The normalized spacial score (nSPS) is 10.8. The van der Waals surface area contributed by atoms with E-state index in [1.165, 1.54) is 13.3 Å². The highest BCUT2D eigenvalue weighted by molar-refractivity contribution is 5.94. The summed E-state index contributed by atoms with van der Waals surface area (Å²) in [7, 11) is 7.11. The second-order valence-corrected chi connectivity index (χ2v) is 8.96. The van der Waals surface area contributed by atoms with Crippen molar-refractivity contribution < 1.29 is 28.5 Å². The summed E-state index contributed by atoms with van der Waals surface area (Å²) in [5, 5.41) is 3.50. The van der Waals surface area contributed by atoms with Gasteiger partial charge in [-0.05, 0) is 36.4 Å². The number of benzene rings is 2. The molecule has 2 heterocycles. The van der Waals surface area contributed by atoms with Crippen LogP contribution < -0.4 is 24.4 Å². The van der Waals surface area contributed by atoms with Crippen LogP contribution in [0.5, 0.6) is 23.1 Å². The smallest absolute Gasteiger partial charge is 0.230 e. The Kier molecular flexibility index (Phi) is 9.66. The molecule has 1 N–H and O–H groups in total. The van der Waals surface area contributed by atoms with Gasteiger partial charge in [0.1, 0.15) is 25.3 Å². The van der Waals surface area contributed by atoms with Gasteiger partial charge in [-0.2, -0.15) is 0 Å². The maximum absolute atomic E-state index is 11.9. The third-order valence-electron chi connectivity index (χ3n) is 5.81. The van der Waals surface area contributed by atoms with Crippen LogP contribution in [0.1, 0.15) is 6.92 Å². The van der Waals surface area contributed by atoms with Gasteiger partial charge in [0, 0.05) is 46.9 Å². The van der Waals surface area contributed by atoms with Crippen molar-refractivity contribution >= 4 is 28.2 Å². The lowest BCUT2D eigenvalue weighted by molar-refractivity contribution is -0.114. The van der Waals surface area contributed by atoms with E-state index in [9.17, 15) is 4.79 Å². The molecule has 0 unspecified atom stereocenters. The Labute approximate surface area is 233 Å². The number of pyridine rings is 1. The van der Waals surface area contributed by atoms with Crippen molar-refractivity contribution in [2.75, 3.05) is 65.0 Å².